The molecule has 0 saturated carbocycles. The second-order valence-corrected chi connectivity index (χ2v) is 4.99. The maximum absolute atomic E-state index is 12.0. The van der Waals surface area contributed by atoms with Crippen molar-refractivity contribution in [3.8, 4) is 0 Å². The van der Waals surface area contributed by atoms with Gasteiger partial charge in [-0.15, -0.1) is 0 Å². The topological polar surface area (TPSA) is 64.6 Å². The molecule has 0 bridgehead atoms. The highest BCUT2D eigenvalue weighted by molar-refractivity contribution is 5.85. The van der Waals surface area contributed by atoms with Crippen LogP contribution in [0.15, 0.2) is 0 Å². The monoisotopic (exact) mass is 271 g/mol. The van der Waals surface area contributed by atoms with Crippen molar-refractivity contribution in [2.24, 2.45) is 5.92 Å². The lowest BCUT2D eigenvalue weighted by atomic mass is 10.0. The Labute approximate surface area is 115 Å². The summed E-state index contributed by atoms with van der Waals surface area (Å²) in [6.45, 7) is 3.21. The Hall–Kier alpha value is -1.10. The summed E-state index contributed by atoms with van der Waals surface area (Å²) < 4.78 is 9.93. The molecule has 1 amide bonds. The fourth-order valence-corrected chi connectivity index (χ4v) is 2.20. The molecule has 0 aromatic heterocycles. The molecule has 0 radical (unpaired) electrons. The van der Waals surface area contributed by atoms with E-state index in [1.807, 2.05) is 0 Å². The van der Waals surface area contributed by atoms with Crippen LogP contribution in [-0.4, -0.2) is 38.2 Å². The van der Waals surface area contributed by atoms with E-state index in [4.69, 9.17) is 9.47 Å². The third kappa shape index (κ3) is 5.59. The molecule has 1 aliphatic heterocycles. The van der Waals surface area contributed by atoms with Crippen LogP contribution in [0.3, 0.4) is 0 Å². The van der Waals surface area contributed by atoms with Crippen LogP contribution in [0.2, 0.25) is 0 Å². The van der Waals surface area contributed by atoms with Crippen LogP contribution >= 0.6 is 0 Å². The molecule has 0 aromatic carbocycles. The molecule has 1 aliphatic rings. The molecule has 0 aromatic rings. The summed E-state index contributed by atoms with van der Waals surface area (Å²) in [5, 5.41) is 2.79. The van der Waals surface area contributed by atoms with Crippen molar-refractivity contribution >= 4 is 11.9 Å². The molecule has 0 spiro atoms. The van der Waals surface area contributed by atoms with Crippen LogP contribution in [-0.2, 0) is 19.1 Å². The second-order valence-electron chi connectivity index (χ2n) is 4.99. The van der Waals surface area contributed by atoms with Crippen molar-refractivity contribution in [1.82, 2.24) is 5.32 Å². The summed E-state index contributed by atoms with van der Waals surface area (Å²) in [4.78, 5) is 23.6. The number of unbranched alkanes of at least 4 members (excludes halogenated alkanes) is 3. The van der Waals surface area contributed by atoms with Gasteiger partial charge in [0.15, 0.2) is 0 Å². The highest BCUT2D eigenvalue weighted by Crippen LogP contribution is 2.14. The molecule has 2 atom stereocenters. The zero-order valence-electron chi connectivity index (χ0n) is 11.9. The van der Waals surface area contributed by atoms with Crippen molar-refractivity contribution in [2.45, 2.75) is 51.5 Å². The van der Waals surface area contributed by atoms with Crippen molar-refractivity contribution < 1.29 is 19.1 Å². The van der Waals surface area contributed by atoms with E-state index in [1.165, 1.54) is 7.11 Å². The Balaban J connectivity index is 2.39. The Morgan fingerprint density at radius 1 is 1.37 bits per heavy atom. The van der Waals surface area contributed by atoms with E-state index in [0.717, 1.165) is 32.1 Å². The van der Waals surface area contributed by atoms with E-state index < -0.39 is 6.04 Å². The second kappa shape index (κ2) is 8.91. The van der Waals surface area contributed by atoms with Crippen molar-refractivity contribution in [3.63, 3.8) is 0 Å². The molecular formula is C14H25NO4. The average Bonchev–Trinajstić information content (AvgIpc) is 2.95. The number of carbonyl (C=O) groups is 2. The molecule has 1 heterocycles. The third-order valence-corrected chi connectivity index (χ3v) is 3.45. The standard InChI is InChI=1S/C14H25NO4/c1-3-4-5-6-7-12(14(17)18-2)15-13(16)11-8-9-19-10-11/h11-12H,3-10H2,1-2H3,(H,15,16)/t11-,12-/m0/s1. The van der Waals surface area contributed by atoms with Gasteiger partial charge in [0.2, 0.25) is 5.91 Å². The first-order valence-corrected chi connectivity index (χ1v) is 7.15. The summed E-state index contributed by atoms with van der Waals surface area (Å²) in [6, 6.07) is -0.519. The minimum Gasteiger partial charge on any atom is -0.467 e. The molecule has 0 aliphatic carbocycles. The first kappa shape index (κ1) is 16.0. The minimum absolute atomic E-state index is 0.0941. The Kier molecular flexibility index (Phi) is 7.48. The van der Waals surface area contributed by atoms with Crippen LogP contribution in [0.5, 0.6) is 0 Å². The number of rotatable bonds is 8. The molecule has 1 saturated heterocycles. The lowest BCUT2D eigenvalue weighted by Crippen LogP contribution is -2.44. The van der Waals surface area contributed by atoms with Crippen LogP contribution in [0.4, 0.5) is 0 Å². The van der Waals surface area contributed by atoms with E-state index in [0.29, 0.717) is 19.6 Å². The van der Waals surface area contributed by atoms with Crippen LogP contribution in [0, 0.1) is 5.92 Å². The number of methoxy groups -OCH3 is 1. The normalized spacial score (nSPS) is 20.0. The largest absolute Gasteiger partial charge is 0.467 e. The maximum atomic E-state index is 12.0. The van der Waals surface area contributed by atoms with Gasteiger partial charge in [0.05, 0.1) is 19.6 Å². The lowest BCUT2D eigenvalue weighted by Gasteiger charge is -2.18. The predicted octanol–water partition coefficient (Wildman–Crippen LogP) is 1.65. The van der Waals surface area contributed by atoms with E-state index in [1.54, 1.807) is 0 Å². The van der Waals surface area contributed by atoms with Gasteiger partial charge >= 0.3 is 5.97 Å². The summed E-state index contributed by atoms with van der Waals surface area (Å²) in [5.74, 6) is -0.574. The smallest absolute Gasteiger partial charge is 0.328 e. The quantitative estimate of drug-likeness (QED) is 0.538. The molecule has 1 N–H and O–H groups in total. The lowest BCUT2D eigenvalue weighted by molar-refractivity contribution is -0.145. The Bertz CT molecular complexity index is 287. The van der Waals surface area contributed by atoms with Crippen LogP contribution < -0.4 is 5.32 Å². The SMILES string of the molecule is CCCCCC[C@H](NC(=O)[C@H]1CCOC1)C(=O)OC. The van der Waals surface area contributed by atoms with Gasteiger partial charge in [0, 0.05) is 6.61 Å². The minimum atomic E-state index is -0.519. The van der Waals surface area contributed by atoms with Crippen molar-refractivity contribution in [1.29, 1.82) is 0 Å². The maximum Gasteiger partial charge on any atom is 0.328 e. The van der Waals surface area contributed by atoms with Gasteiger partial charge in [-0.05, 0) is 12.8 Å². The number of hydrogen-bond acceptors (Lipinski definition) is 4. The first-order valence-electron chi connectivity index (χ1n) is 7.15. The molecule has 110 valence electrons. The number of nitrogens with one attached hydrogen (secondary N) is 1. The van der Waals surface area contributed by atoms with Crippen molar-refractivity contribution in [3.05, 3.63) is 0 Å². The number of ether oxygens (including phenoxy) is 2. The van der Waals surface area contributed by atoms with Gasteiger partial charge in [0.1, 0.15) is 6.04 Å². The highest BCUT2D eigenvalue weighted by atomic mass is 16.5. The molecule has 5 heteroatoms. The van der Waals surface area contributed by atoms with Gasteiger partial charge in [-0.1, -0.05) is 32.6 Å². The number of carbonyl (C=O) groups excluding carboxylic acids is 2. The van der Waals surface area contributed by atoms with E-state index in [9.17, 15) is 9.59 Å². The van der Waals surface area contributed by atoms with Crippen molar-refractivity contribution in [2.75, 3.05) is 20.3 Å². The fourth-order valence-electron chi connectivity index (χ4n) is 2.20. The highest BCUT2D eigenvalue weighted by Gasteiger charge is 2.28. The van der Waals surface area contributed by atoms with Gasteiger partial charge in [0.25, 0.3) is 0 Å². The summed E-state index contributed by atoms with van der Waals surface area (Å²) in [7, 11) is 1.35. The Morgan fingerprint density at radius 2 is 2.16 bits per heavy atom. The van der Waals surface area contributed by atoms with Gasteiger partial charge in [-0.3, -0.25) is 4.79 Å². The summed E-state index contributed by atoms with van der Waals surface area (Å²) in [5.41, 5.74) is 0. The first-order chi connectivity index (χ1) is 9.19. The molecule has 19 heavy (non-hydrogen) atoms. The third-order valence-electron chi connectivity index (χ3n) is 3.45. The molecular weight excluding hydrogens is 246 g/mol. The molecule has 0 unspecified atom stereocenters. The number of esters is 1. The fraction of sp³-hybridized carbons (Fsp3) is 0.857. The van der Waals surface area contributed by atoms with Gasteiger partial charge in [-0.25, -0.2) is 4.79 Å². The van der Waals surface area contributed by atoms with E-state index in [-0.39, 0.29) is 17.8 Å². The van der Waals surface area contributed by atoms with E-state index >= 15 is 0 Å². The van der Waals surface area contributed by atoms with Gasteiger partial charge < -0.3 is 14.8 Å². The predicted molar refractivity (Wildman–Crippen MR) is 71.6 cm³/mol. The summed E-state index contributed by atoms with van der Waals surface area (Å²) >= 11 is 0. The summed E-state index contributed by atoms with van der Waals surface area (Å²) in [6.07, 6.45) is 5.68. The number of hydrogen-bond donors (Lipinski definition) is 1. The van der Waals surface area contributed by atoms with Crippen LogP contribution in [0.1, 0.15) is 45.4 Å². The van der Waals surface area contributed by atoms with Gasteiger partial charge in [-0.2, -0.15) is 0 Å². The molecule has 5 nitrogen and oxygen atoms in total. The number of amides is 1. The molecule has 1 fully saturated rings. The zero-order chi connectivity index (χ0) is 14.1. The van der Waals surface area contributed by atoms with E-state index in [2.05, 4.69) is 12.2 Å². The van der Waals surface area contributed by atoms with Crippen LogP contribution in [0.25, 0.3) is 0 Å². The molecule has 1 rings (SSSR count). The Morgan fingerprint density at radius 3 is 2.74 bits per heavy atom. The zero-order valence-corrected chi connectivity index (χ0v) is 11.9. The average molecular weight is 271 g/mol.